The summed E-state index contributed by atoms with van der Waals surface area (Å²) in [6, 6.07) is 14.3. The quantitative estimate of drug-likeness (QED) is 0.151. The number of esters is 1. The second-order valence-corrected chi connectivity index (χ2v) is 8.53. The van der Waals surface area contributed by atoms with Crippen molar-refractivity contribution in [1.29, 1.82) is 0 Å². The van der Waals surface area contributed by atoms with Crippen molar-refractivity contribution >= 4 is 5.97 Å². The van der Waals surface area contributed by atoms with Crippen LogP contribution >= 0.6 is 0 Å². The fourth-order valence-electron chi connectivity index (χ4n) is 3.24. The SMILES string of the molecule is CCCCCCCCCCOc1ccc(C(=O)Oc2ccc(OC[C@H](C)CC)cc2)cc1. The Bertz CT molecular complexity index is 752. The second kappa shape index (κ2) is 15.3. The van der Waals surface area contributed by atoms with Gasteiger partial charge in [-0.2, -0.15) is 0 Å². The van der Waals surface area contributed by atoms with Gasteiger partial charge >= 0.3 is 5.97 Å². The summed E-state index contributed by atoms with van der Waals surface area (Å²) in [6.45, 7) is 7.94. The first-order valence-corrected chi connectivity index (χ1v) is 12.3. The zero-order valence-corrected chi connectivity index (χ0v) is 20.1. The Balaban J connectivity index is 1.67. The lowest BCUT2D eigenvalue weighted by Gasteiger charge is -2.11. The topological polar surface area (TPSA) is 44.8 Å². The van der Waals surface area contributed by atoms with Crippen LogP contribution in [0.25, 0.3) is 0 Å². The third-order valence-electron chi connectivity index (χ3n) is 5.62. The number of benzene rings is 2. The first-order valence-electron chi connectivity index (χ1n) is 12.3. The maximum absolute atomic E-state index is 12.4. The molecule has 0 aliphatic carbocycles. The van der Waals surface area contributed by atoms with Crippen molar-refractivity contribution < 1.29 is 19.0 Å². The molecule has 4 nitrogen and oxygen atoms in total. The highest BCUT2D eigenvalue weighted by Gasteiger charge is 2.09. The van der Waals surface area contributed by atoms with Crippen LogP contribution in [0.4, 0.5) is 0 Å². The van der Waals surface area contributed by atoms with Crippen molar-refractivity contribution in [2.75, 3.05) is 13.2 Å². The molecule has 4 heteroatoms. The van der Waals surface area contributed by atoms with Crippen LogP contribution in [-0.4, -0.2) is 19.2 Å². The Morgan fingerprint density at radius 3 is 1.88 bits per heavy atom. The number of ether oxygens (including phenoxy) is 3. The van der Waals surface area contributed by atoms with E-state index in [1.54, 1.807) is 24.3 Å². The Kier molecular flexibility index (Phi) is 12.3. The molecule has 0 heterocycles. The minimum absolute atomic E-state index is 0.382. The van der Waals surface area contributed by atoms with Gasteiger partial charge in [0.15, 0.2) is 0 Å². The molecule has 2 aromatic rings. The maximum Gasteiger partial charge on any atom is 0.343 e. The van der Waals surface area contributed by atoms with Crippen LogP contribution in [0.5, 0.6) is 17.2 Å². The van der Waals surface area contributed by atoms with Crippen LogP contribution in [0.1, 0.15) is 88.9 Å². The maximum atomic E-state index is 12.4. The lowest BCUT2D eigenvalue weighted by Crippen LogP contribution is -2.09. The number of unbranched alkanes of at least 4 members (excludes halogenated alkanes) is 7. The number of hydrogen-bond acceptors (Lipinski definition) is 4. The highest BCUT2D eigenvalue weighted by Crippen LogP contribution is 2.20. The molecule has 0 aliphatic heterocycles. The standard InChI is InChI=1S/C28H40O4/c1-4-6-7-8-9-10-11-12-21-30-25-15-13-24(14-16-25)28(29)32-27-19-17-26(18-20-27)31-22-23(3)5-2/h13-20,23H,4-12,21-22H2,1-3H3/t23-/m1/s1. The molecule has 0 N–H and O–H groups in total. The number of hydrogen-bond donors (Lipinski definition) is 0. The Hall–Kier alpha value is -2.49. The van der Waals surface area contributed by atoms with E-state index in [0.717, 1.165) is 24.3 Å². The third kappa shape index (κ3) is 10.2. The van der Waals surface area contributed by atoms with Gasteiger partial charge in [-0.25, -0.2) is 4.79 Å². The van der Waals surface area contributed by atoms with E-state index in [-0.39, 0.29) is 5.97 Å². The van der Waals surface area contributed by atoms with Crippen molar-refractivity contribution in [2.45, 2.75) is 78.6 Å². The molecule has 0 aromatic heterocycles. The van der Waals surface area contributed by atoms with Crippen LogP contribution in [0.15, 0.2) is 48.5 Å². The van der Waals surface area contributed by atoms with E-state index < -0.39 is 0 Å². The average Bonchev–Trinajstić information content (AvgIpc) is 2.82. The van der Waals surface area contributed by atoms with E-state index in [1.807, 2.05) is 24.3 Å². The predicted molar refractivity (Wildman–Crippen MR) is 131 cm³/mol. The molecule has 0 spiro atoms. The number of rotatable bonds is 16. The lowest BCUT2D eigenvalue weighted by molar-refractivity contribution is 0.0734. The van der Waals surface area contributed by atoms with Crippen LogP contribution < -0.4 is 14.2 Å². The van der Waals surface area contributed by atoms with Gasteiger partial charge in [0.1, 0.15) is 17.2 Å². The van der Waals surface area contributed by atoms with E-state index in [9.17, 15) is 4.79 Å². The first kappa shape index (κ1) is 25.8. The van der Waals surface area contributed by atoms with Gasteiger partial charge in [0.25, 0.3) is 0 Å². The molecule has 0 fully saturated rings. The smallest absolute Gasteiger partial charge is 0.343 e. The summed E-state index contributed by atoms with van der Waals surface area (Å²) in [5.41, 5.74) is 0.501. The minimum atomic E-state index is -0.382. The van der Waals surface area contributed by atoms with E-state index in [4.69, 9.17) is 14.2 Å². The summed E-state index contributed by atoms with van der Waals surface area (Å²) in [4.78, 5) is 12.4. The van der Waals surface area contributed by atoms with Crippen molar-refractivity contribution in [1.82, 2.24) is 0 Å². The Morgan fingerprint density at radius 2 is 1.25 bits per heavy atom. The Morgan fingerprint density at radius 1 is 0.719 bits per heavy atom. The van der Waals surface area contributed by atoms with Crippen molar-refractivity contribution in [2.24, 2.45) is 5.92 Å². The van der Waals surface area contributed by atoms with Crippen LogP contribution in [0.3, 0.4) is 0 Å². The minimum Gasteiger partial charge on any atom is -0.494 e. The average molecular weight is 441 g/mol. The van der Waals surface area contributed by atoms with Crippen LogP contribution in [0, 0.1) is 5.92 Å². The molecule has 2 rings (SSSR count). The van der Waals surface area contributed by atoms with Crippen LogP contribution in [0.2, 0.25) is 0 Å². The predicted octanol–water partition coefficient (Wildman–Crippen LogP) is 7.85. The summed E-state index contributed by atoms with van der Waals surface area (Å²) < 4.78 is 17.0. The molecule has 0 unspecified atom stereocenters. The lowest BCUT2D eigenvalue weighted by atomic mass is 10.1. The molecule has 0 amide bonds. The normalized spacial score (nSPS) is 11.7. The molecule has 0 saturated carbocycles. The molecule has 32 heavy (non-hydrogen) atoms. The molecule has 176 valence electrons. The molecule has 0 aliphatic rings. The number of carbonyl (C=O) groups is 1. The van der Waals surface area contributed by atoms with Gasteiger partial charge in [-0.1, -0.05) is 72.1 Å². The molecule has 0 bridgehead atoms. The molecular formula is C28H40O4. The number of carbonyl (C=O) groups excluding carboxylic acids is 1. The fraction of sp³-hybridized carbons (Fsp3) is 0.536. The molecule has 1 atom stereocenters. The van der Waals surface area contributed by atoms with E-state index >= 15 is 0 Å². The highest BCUT2D eigenvalue weighted by molar-refractivity contribution is 5.91. The molecule has 0 radical (unpaired) electrons. The van der Waals surface area contributed by atoms with Crippen molar-refractivity contribution in [3.63, 3.8) is 0 Å². The highest BCUT2D eigenvalue weighted by atomic mass is 16.5. The van der Waals surface area contributed by atoms with Crippen molar-refractivity contribution in [3.05, 3.63) is 54.1 Å². The van der Waals surface area contributed by atoms with E-state index in [2.05, 4.69) is 20.8 Å². The van der Waals surface area contributed by atoms with Gasteiger partial charge in [-0.3, -0.25) is 0 Å². The van der Waals surface area contributed by atoms with Gasteiger partial charge in [0, 0.05) is 0 Å². The monoisotopic (exact) mass is 440 g/mol. The fourth-order valence-corrected chi connectivity index (χ4v) is 3.24. The van der Waals surface area contributed by atoms with Gasteiger partial charge in [-0.05, 0) is 60.9 Å². The zero-order chi connectivity index (χ0) is 23.0. The molecule has 2 aromatic carbocycles. The zero-order valence-electron chi connectivity index (χ0n) is 20.1. The summed E-state index contributed by atoms with van der Waals surface area (Å²) in [5.74, 6) is 2.20. The van der Waals surface area contributed by atoms with Crippen molar-refractivity contribution in [3.8, 4) is 17.2 Å². The third-order valence-corrected chi connectivity index (χ3v) is 5.62. The molecular weight excluding hydrogens is 400 g/mol. The van der Waals surface area contributed by atoms with Gasteiger partial charge < -0.3 is 14.2 Å². The summed E-state index contributed by atoms with van der Waals surface area (Å²) in [6.07, 6.45) is 11.3. The van der Waals surface area contributed by atoms with Gasteiger partial charge in [-0.15, -0.1) is 0 Å². The van der Waals surface area contributed by atoms with Gasteiger partial charge in [0.05, 0.1) is 18.8 Å². The van der Waals surface area contributed by atoms with Crippen LogP contribution in [-0.2, 0) is 0 Å². The summed E-state index contributed by atoms with van der Waals surface area (Å²) >= 11 is 0. The molecule has 0 saturated heterocycles. The van der Waals surface area contributed by atoms with E-state index in [1.165, 1.54) is 44.9 Å². The summed E-state index contributed by atoms with van der Waals surface area (Å²) in [5, 5.41) is 0. The summed E-state index contributed by atoms with van der Waals surface area (Å²) in [7, 11) is 0. The first-order chi connectivity index (χ1) is 15.6. The largest absolute Gasteiger partial charge is 0.494 e. The Labute approximate surface area is 194 Å². The second-order valence-electron chi connectivity index (χ2n) is 8.53. The van der Waals surface area contributed by atoms with Gasteiger partial charge in [0.2, 0.25) is 0 Å². The van der Waals surface area contributed by atoms with E-state index in [0.29, 0.717) is 30.4 Å².